The van der Waals surface area contributed by atoms with Crippen molar-refractivity contribution in [1.29, 1.82) is 0 Å². The summed E-state index contributed by atoms with van der Waals surface area (Å²) >= 11 is 1.42. The summed E-state index contributed by atoms with van der Waals surface area (Å²) in [7, 11) is 0. The molecule has 82 valence electrons. The lowest BCUT2D eigenvalue weighted by molar-refractivity contribution is -0.120. The number of carbonyl (C=O) groups excluding carboxylic acids is 1. The van der Waals surface area contributed by atoms with Gasteiger partial charge >= 0.3 is 0 Å². The normalized spacial score (nSPS) is 12.1. The molecule has 0 fully saturated rings. The SMILES string of the molecule is CCNC(=O)C(C)Sc1ccc(N)cn1. The number of hydrogen-bond acceptors (Lipinski definition) is 4. The Labute approximate surface area is 93.7 Å². The smallest absolute Gasteiger partial charge is 0.233 e. The van der Waals surface area contributed by atoms with Crippen LogP contribution in [0.4, 0.5) is 5.69 Å². The first-order chi connectivity index (χ1) is 7.13. The molecule has 1 rings (SSSR count). The lowest BCUT2D eigenvalue weighted by atomic mass is 10.4. The molecule has 0 aliphatic carbocycles. The van der Waals surface area contributed by atoms with E-state index in [1.165, 1.54) is 11.8 Å². The monoisotopic (exact) mass is 225 g/mol. The van der Waals surface area contributed by atoms with Gasteiger partial charge in [0.2, 0.25) is 5.91 Å². The highest BCUT2D eigenvalue weighted by Gasteiger charge is 2.13. The Morgan fingerprint density at radius 3 is 2.93 bits per heavy atom. The van der Waals surface area contributed by atoms with E-state index in [2.05, 4.69) is 10.3 Å². The highest BCUT2D eigenvalue weighted by atomic mass is 32.2. The van der Waals surface area contributed by atoms with Crippen LogP contribution in [0.3, 0.4) is 0 Å². The van der Waals surface area contributed by atoms with Gasteiger partial charge in [0, 0.05) is 6.54 Å². The maximum absolute atomic E-state index is 11.4. The minimum absolute atomic E-state index is 0.0288. The van der Waals surface area contributed by atoms with Crippen LogP contribution in [0.25, 0.3) is 0 Å². The molecule has 4 nitrogen and oxygen atoms in total. The third-order valence-electron chi connectivity index (χ3n) is 1.78. The molecule has 1 aromatic rings. The molecule has 1 aromatic heterocycles. The van der Waals surface area contributed by atoms with Gasteiger partial charge in [-0.3, -0.25) is 4.79 Å². The van der Waals surface area contributed by atoms with E-state index in [1.54, 1.807) is 12.3 Å². The van der Waals surface area contributed by atoms with Gasteiger partial charge in [0.1, 0.15) is 0 Å². The number of carbonyl (C=O) groups is 1. The number of nitrogen functional groups attached to an aromatic ring is 1. The fraction of sp³-hybridized carbons (Fsp3) is 0.400. The molecule has 0 aliphatic heterocycles. The van der Waals surface area contributed by atoms with E-state index in [4.69, 9.17) is 5.73 Å². The maximum atomic E-state index is 11.4. The zero-order valence-electron chi connectivity index (χ0n) is 8.86. The molecular weight excluding hydrogens is 210 g/mol. The molecule has 3 N–H and O–H groups in total. The standard InChI is InChI=1S/C10H15N3OS/c1-3-12-10(14)7(2)15-9-5-4-8(11)6-13-9/h4-7H,3,11H2,1-2H3,(H,12,14). The number of amides is 1. The van der Waals surface area contributed by atoms with E-state index in [1.807, 2.05) is 19.9 Å². The van der Waals surface area contributed by atoms with Crippen molar-refractivity contribution < 1.29 is 4.79 Å². The molecule has 1 amide bonds. The van der Waals surface area contributed by atoms with Gasteiger partial charge in [0.15, 0.2) is 0 Å². The lowest BCUT2D eigenvalue weighted by Crippen LogP contribution is -2.30. The Kier molecular flexibility index (Phi) is 4.42. The molecule has 1 unspecified atom stereocenters. The first kappa shape index (κ1) is 11.8. The molecule has 0 saturated carbocycles. The summed E-state index contributed by atoms with van der Waals surface area (Å²) < 4.78 is 0. The number of aromatic nitrogens is 1. The third kappa shape index (κ3) is 3.79. The van der Waals surface area contributed by atoms with Crippen molar-refractivity contribution in [2.45, 2.75) is 24.1 Å². The number of nitrogens with one attached hydrogen (secondary N) is 1. The number of rotatable bonds is 4. The van der Waals surface area contributed by atoms with E-state index in [-0.39, 0.29) is 11.2 Å². The number of nitrogens with two attached hydrogens (primary N) is 1. The van der Waals surface area contributed by atoms with Gasteiger partial charge in [-0.2, -0.15) is 0 Å². The van der Waals surface area contributed by atoms with Crippen LogP contribution in [0.1, 0.15) is 13.8 Å². The molecular formula is C10H15N3OS. The number of thioether (sulfide) groups is 1. The van der Waals surface area contributed by atoms with Crippen molar-refractivity contribution in [2.24, 2.45) is 0 Å². The van der Waals surface area contributed by atoms with Crippen molar-refractivity contribution in [3.05, 3.63) is 18.3 Å². The maximum Gasteiger partial charge on any atom is 0.233 e. The summed E-state index contributed by atoms with van der Waals surface area (Å²) in [6.45, 7) is 4.41. The van der Waals surface area contributed by atoms with Crippen LogP contribution in [0.2, 0.25) is 0 Å². The quantitative estimate of drug-likeness (QED) is 0.757. The van der Waals surface area contributed by atoms with Crippen molar-refractivity contribution >= 4 is 23.4 Å². The molecule has 0 spiro atoms. The summed E-state index contributed by atoms with van der Waals surface area (Å²) in [5, 5.41) is 3.44. The fourth-order valence-electron chi connectivity index (χ4n) is 1.01. The molecule has 0 aromatic carbocycles. The van der Waals surface area contributed by atoms with E-state index in [0.717, 1.165) is 5.03 Å². The highest BCUT2D eigenvalue weighted by Crippen LogP contribution is 2.21. The Hall–Kier alpha value is -1.23. The van der Waals surface area contributed by atoms with Gasteiger partial charge in [-0.05, 0) is 26.0 Å². The first-order valence-electron chi connectivity index (χ1n) is 4.79. The second-order valence-corrected chi connectivity index (χ2v) is 4.45. The average Bonchev–Trinajstić information content (AvgIpc) is 2.22. The number of anilines is 1. The molecule has 1 heterocycles. The second kappa shape index (κ2) is 5.60. The van der Waals surface area contributed by atoms with Crippen LogP contribution in [0.15, 0.2) is 23.4 Å². The fourth-order valence-corrected chi connectivity index (χ4v) is 1.83. The van der Waals surface area contributed by atoms with Crippen LogP contribution in [0.5, 0.6) is 0 Å². The van der Waals surface area contributed by atoms with Crippen molar-refractivity contribution in [3.63, 3.8) is 0 Å². The molecule has 0 aliphatic rings. The minimum Gasteiger partial charge on any atom is -0.397 e. The van der Waals surface area contributed by atoms with Crippen LogP contribution in [0, 0.1) is 0 Å². The lowest BCUT2D eigenvalue weighted by Gasteiger charge is -2.09. The van der Waals surface area contributed by atoms with Gasteiger partial charge in [0.25, 0.3) is 0 Å². The summed E-state index contributed by atoms with van der Waals surface area (Å²) in [4.78, 5) is 15.5. The van der Waals surface area contributed by atoms with Gasteiger partial charge in [-0.25, -0.2) is 4.98 Å². The largest absolute Gasteiger partial charge is 0.397 e. The molecule has 15 heavy (non-hydrogen) atoms. The number of hydrogen-bond donors (Lipinski definition) is 2. The van der Waals surface area contributed by atoms with Gasteiger partial charge < -0.3 is 11.1 Å². The molecule has 0 bridgehead atoms. The van der Waals surface area contributed by atoms with Gasteiger partial charge in [0.05, 0.1) is 22.2 Å². The topological polar surface area (TPSA) is 68.0 Å². The number of nitrogens with zero attached hydrogens (tertiary/aromatic N) is 1. The Morgan fingerprint density at radius 1 is 1.67 bits per heavy atom. The van der Waals surface area contributed by atoms with E-state index in [9.17, 15) is 4.79 Å². The summed E-state index contributed by atoms with van der Waals surface area (Å²) in [5.41, 5.74) is 6.14. The van der Waals surface area contributed by atoms with Crippen molar-refractivity contribution in [1.82, 2.24) is 10.3 Å². The molecule has 0 saturated heterocycles. The van der Waals surface area contributed by atoms with Crippen LogP contribution in [-0.2, 0) is 4.79 Å². The first-order valence-corrected chi connectivity index (χ1v) is 5.67. The van der Waals surface area contributed by atoms with Crippen LogP contribution >= 0.6 is 11.8 Å². The van der Waals surface area contributed by atoms with Gasteiger partial charge in [-0.1, -0.05) is 11.8 Å². The van der Waals surface area contributed by atoms with Crippen LogP contribution < -0.4 is 11.1 Å². The zero-order chi connectivity index (χ0) is 11.3. The number of pyridine rings is 1. The third-order valence-corrected chi connectivity index (χ3v) is 2.83. The van der Waals surface area contributed by atoms with Crippen molar-refractivity contribution in [2.75, 3.05) is 12.3 Å². The Balaban J connectivity index is 2.54. The Bertz CT molecular complexity index is 326. The summed E-state index contributed by atoms with van der Waals surface area (Å²) in [6, 6.07) is 3.59. The van der Waals surface area contributed by atoms with Crippen molar-refractivity contribution in [3.8, 4) is 0 Å². The Morgan fingerprint density at radius 2 is 2.40 bits per heavy atom. The molecule has 1 atom stereocenters. The highest BCUT2D eigenvalue weighted by molar-refractivity contribution is 8.00. The van der Waals surface area contributed by atoms with Gasteiger partial charge in [-0.15, -0.1) is 0 Å². The van der Waals surface area contributed by atoms with E-state index in [0.29, 0.717) is 12.2 Å². The predicted molar refractivity (Wildman–Crippen MR) is 62.7 cm³/mol. The second-order valence-electron chi connectivity index (χ2n) is 3.08. The summed E-state index contributed by atoms with van der Waals surface area (Å²) in [5.74, 6) is 0.0288. The average molecular weight is 225 g/mol. The predicted octanol–water partition coefficient (Wildman–Crippen LogP) is 1.28. The minimum atomic E-state index is -0.138. The van der Waals surface area contributed by atoms with Crippen LogP contribution in [-0.4, -0.2) is 22.7 Å². The molecule has 0 radical (unpaired) electrons. The van der Waals surface area contributed by atoms with E-state index >= 15 is 0 Å². The zero-order valence-corrected chi connectivity index (χ0v) is 9.67. The summed E-state index contributed by atoms with van der Waals surface area (Å²) in [6.07, 6.45) is 1.59. The molecule has 5 heteroatoms. The van der Waals surface area contributed by atoms with E-state index < -0.39 is 0 Å².